The average Bonchev–Trinajstić information content (AvgIpc) is 2.86. The monoisotopic (exact) mass is 509 g/mol. The smallest absolute Gasteiger partial charge is 0.286 e. The molecule has 2 aromatic rings. The summed E-state index contributed by atoms with van der Waals surface area (Å²) in [4.78, 5) is 23.4. The van der Waals surface area contributed by atoms with E-state index < -0.39 is 26.5 Å². The number of fused-ring (bicyclic) bond motifs is 1. The fraction of sp³-hybridized carbons (Fsp3) is 0.409. The average molecular weight is 510 g/mol. The van der Waals surface area contributed by atoms with Crippen LogP contribution in [-0.2, 0) is 23.0 Å². The van der Waals surface area contributed by atoms with Crippen molar-refractivity contribution < 1.29 is 37.1 Å². The molecule has 12 nitrogen and oxygen atoms in total. The van der Waals surface area contributed by atoms with E-state index in [9.17, 15) is 23.3 Å². The second kappa shape index (κ2) is 10.8. The van der Waals surface area contributed by atoms with E-state index in [-0.39, 0.29) is 42.4 Å². The van der Waals surface area contributed by atoms with Gasteiger partial charge in [-0.2, -0.15) is 4.31 Å². The third-order valence-corrected chi connectivity index (χ3v) is 7.48. The van der Waals surface area contributed by atoms with Crippen molar-refractivity contribution in [2.75, 3.05) is 47.3 Å². The molecule has 0 bridgehead atoms. The van der Waals surface area contributed by atoms with Crippen molar-refractivity contribution in [1.29, 1.82) is 0 Å². The van der Waals surface area contributed by atoms with Gasteiger partial charge in [0.1, 0.15) is 5.56 Å². The van der Waals surface area contributed by atoms with E-state index in [2.05, 4.69) is 5.32 Å². The van der Waals surface area contributed by atoms with E-state index in [1.54, 1.807) is 6.07 Å². The van der Waals surface area contributed by atoms with Gasteiger partial charge in [-0.3, -0.25) is 14.9 Å². The Hall–Kier alpha value is -3.58. The molecule has 1 heterocycles. The summed E-state index contributed by atoms with van der Waals surface area (Å²) in [6.45, 7) is 0.203. The molecule has 0 atom stereocenters. The fourth-order valence-electron chi connectivity index (χ4n) is 3.81. The number of nitro groups is 1. The summed E-state index contributed by atoms with van der Waals surface area (Å²) < 4.78 is 48.0. The predicted molar refractivity (Wildman–Crippen MR) is 126 cm³/mol. The van der Waals surface area contributed by atoms with Crippen LogP contribution in [0.3, 0.4) is 0 Å². The maximum absolute atomic E-state index is 12.9. The number of sulfonamides is 1. The summed E-state index contributed by atoms with van der Waals surface area (Å²) in [6, 6.07) is 5.87. The van der Waals surface area contributed by atoms with Crippen LogP contribution in [0.5, 0.6) is 23.0 Å². The van der Waals surface area contributed by atoms with Crippen LogP contribution in [0.25, 0.3) is 0 Å². The lowest BCUT2D eigenvalue weighted by Gasteiger charge is -2.29. The summed E-state index contributed by atoms with van der Waals surface area (Å²) in [5.41, 5.74) is 1.03. The molecule has 1 amide bonds. The largest absolute Gasteiger partial charge is 0.493 e. The van der Waals surface area contributed by atoms with Crippen LogP contribution in [0.15, 0.2) is 24.3 Å². The lowest BCUT2D eigenvalue weighted by atomic mass is 10.0. The van der Waals surface area contributed by atoms with Gasteiger partial charge in [0.05, 0.1) is 45.2 Å². The molecule has 0 fully saturated rings. The highest BCUT2D eigenvalue weighted by Crippen LogP contribution is 2.35. The molecule has 35 heavy (non-hydrogen) atoms. The van der Waals surface area contributed by atoms with Crippen molar-refractivity contribution in [2.24, 2.45) is 0 Å². The topological polar surface area (TPSA) is 147 Å². The van der Waals surface area contributed by atoms with Crippen molar-refractivity contribution in [2.45, 2.75) is 13.0 Å². The first kappa shape index (κ1) is 26.0. The zero-order valence-electron chi connectivity index (χ0n) is 19.8. The Balaban J connectivity index is 1.70. The minimum atomic E-state index is -3.72. The zero-order chi connectivity index (χ0) is 25.8. The van der Waals surface area contributed by atoms with Gasteiger partial charge in [-0.15, -0.1) is 0 Å². The van der Waals surface area contributed by atoms with Crippen molar-refractivity contribution in [3.8, 4) is 23.0 Å². The highest BCUT2D eigenvalue weighted by molar-refractivity contribution is 7.89. The van der Waals surface area contributed by atoms with Crippen LogP contribution in [0, 0.1) is 10.1 Å². The van der Waals surface area contributed by atoms with E-state index in [0.29, 0.717) is 17.9 Å². The molecule has 0 aromatic heterocycles. The molecule has 2 aromatic carbocycles. The van der Waals surface area contributed by atoms with E-state index >= 15 is 0 Å². The molecule has 1 aliphatic heterocycles. The summed E-state index contributed by atoms with van der Waals surface area (Å²) >= 11 is 0. The van der Waals surface area contributed by atoms with Gasteiger partial charge in [0.15, 0.2) is 23.0 Å². The van der Waals surface area contributed by atoms with E-state index in [1.165, 1.54) is 38.8 Å². The number of ether oxygens (including phenoxy) is 4. The molecular formula is C22H27N3O9S. The van der Waals surface area contributed by atoms with Crippen LogP contribution < -0.4 is 24.3 Å². The van der Waals surface area contributed by atoms with Gasteiger partial charge >= 0.3 is 0 Å². The van der Waals surface area contributed by atoms with Gasteiger partial charge in [-0.05, 0) is 29.7 Å². The van der Waals surface area contributed by atoms with Crippen LogP contribution in [-0.4, -0.2) is 70.8 Å². The first-order valence-corrected chi connectivity index (χ1v) is 12.2. The number of nitro benzene ring substituents is 1. The molecule has 0 saturated heterocycles. The van der Waals surface area contributed by atoms with Crippen LogP contribution in [0.1, 0.15) is 21.5 Å². The van der Waals surface area contributed by atoms with Gasteiger partial charge in [0.25, 0.3) is 11.6 Å². The summed E-state index contributed by atoms with van der Waals surface area (Å²) in [5.74, 6) is 0.146. The molecule has 0 aliphatic carbocycles. The minimum absolute atomic E-state index is 0.0953. The number of amides is 1. The molecule has 0 saturated carbocycles. The van der Waals surface area contributed by atoms with Gasteiger partial charge in [0, 0.05) is 25.7 Å². The molecule has 190 valence electrons. The first-order valence-electron chi connectivity index (χ1n) is 10.5. The van der Waals surface area contributed by atoms with Crippen molar-refractivity contribution >= 4 is 21.6 Å². The molecule has 1 N–H and O–H groups in total. The van der Waals surface area contributed by atoms with Crippen LogP contribution in [0.4, 0.5) is 5.69 Å². The number of hydrogen-bond acceptors (Lipinski definition) is 9. The number of hydrogen-bond donors (Lipinski definition) is 1. The number of methoxy groups -OCH3 is 4. The third-order valence-electron chi connectivity index (χ3n) is 5.67. The van der Waals surface area contributed by atoms with Gasteiger partial charge < -0.3 is 24.3 Å². The van der Waals surface area contributed by atoms with E-state index in [0.717, 1.165) is 17.2 Å². The Bertz CT molecular complexity index is 1230. The molecular weight excluding hydrogens is 482 g/mol. The quantitative estimate of drug-likeness (QED) is 0.374. The normalized spacial score (nSPS) is 13.5. The second-order valence-corrected chi connectivity index (χ2v) is 9.70. The highest BCUT2D eigenvalue weighted by atomic mass is 32.2. The molecule has 0 radical (unpaired) electrons. The molecule has 0 spiro atoms. The summed E-state index contributed by atoms with van der Waals surface area (Å²) in [5, 5.41) is 13.9. The predicted octanol–water partition coefficient (Wildman–Crippen LogP) is 1.75. The number of benzene rings is 2. The molecule has 1 aliphatic rings. The number of nitrogens with one attached hydrogen (secondary N) is 1. The maximum Gasteiger partial charge on any atom is 0.286 e. The molecule has 3 rings (SSSR count). The van der Waals surface area contributed by atoms with Crippen molar-refractivity contribution in [3.63, 3.8) is 0 Å². The highest BCUT2D eigenvalue weighted by Gasteiger charge is 2.29. The standard InChI is InChI=1S/C22H27N3O9S/c1-31-18-9-14-5-7-24(13-15(14)10-19(18)32-2)35(29,30)8-6-23-22(26)16-11-20(33-3)21(34-4)12-17(16)25(27)28/h9-12H,5-8,13H2,1-4H3,(H,23,26). The summed E-state index contributed by atoms with van der Waals surface area (Å²) in [6.07, 6.45) is 0.499. The lowest BCUT2D eigenvalue weighted by Crippen LogP contribution is -2.40. The summed E-state index contributed by atoms with van der Waals surface area (Å²) in [7, 11) is 1.97. The first-order chi connectivity index (χ1) is 16.6. The van der Waals surface area contributed by atoms with Gasteiger partial charge in [0.2, 0.25) is 10.0 Å². The number of rotatable bonds is 10. The molecule has 0 unspecified atom stereocenters. The van der Waals surface area contributed by atoms with E-state index in [1.807, 2.05) is 6.07 Å². The number of carbonyl (C=O) groups is 1. The minimum Gasteiger partial charge on any atom is -0.493 e. The van der Waals surface area contributed by atoms with E-state index in [4.69, 9.17) is 18.9 Å². The Morgan fingerprint density at radius 2 is 1.51 bits per heavy atom. The van der Waals surface area contributed by atoms with Gasteiger partial charge in [-0.1, -0.05) is 0 Å². The third kappa shape index (κ3) is 5.57. The Morgan fingerprint density at radius 3 is 2.09 bits per heavy atom. The van der Waals surface area contributed by atoms with Crippen LogP contribution in [0.2, 0.25) is 0 Å². The Kier molecular flexibility index (Phi) is 8.02. The van der Waals surface area contributed by atoms with Crippen molar-refractivity contribution in [1.82, 2.24) is 9.62 Å². The number of carbonyl (C=O) groups excluding carboxylic acids is 1. The second-order valence-electron chi connectivity index (χ2n) is 7.61. The Labute approximate surface area is 202 Å². The molecule has 13 heteroatoms. The SMILES string of the molecule is COc1cc2c(cc1OC)CN(S(=O)(=O)CCNC(=O)c1cc(OC)c(OC)cc1[N+](=O)[O-])CC2. The zero-order valence-corrected chi connectivity index (χ0v) is 20.6. The lowest BCUT2D eigenvalue weighted by molar-refractivity contribution is -0.385. The number of nitrogens with zero attached hydrogens (tertiary/aromatic N) is 2. The van der Waals surface area contributed by atoms with Gasteiger partial charge in [-0.25, -0.2) is 8.42 Å². The van der Waals surface area contributed by atoms with Crippen LogP contribution >= 0.6 is 0 Å². The maximum atomic E-state index is 12.9. The Morgan fingerprint density at radius 1 is 0.971 bits per heavy atom. The fourth-order valence-corrected chi connectivity index (χ4v) is 5.14. The van der Waals surface area contributed by atoms with Crippen molar-refractivity contribution in [3.05, 3.63) is 51.1 Å².